The highest BCUT2D eigenvalue weighted by Gasteiger charge is 2.16. The fourth-order valence-corrected chi connectivity index (χ4v) is 1.73. The highest BCUT2D eigenvalue weighted by Crippen LogP contribution is 2.06. The van der Waals surface area contributed by atoms with Gasteiger partial charge in [0.15, 0.2) is 0 Å². The Morgan fingerprint density at radius 1 is 1.50 bits per heavy atom. The molecule has 0 saturated heterocycles. The van der Waals surface area contributed by atoms with Gasteiger partial charge in [-0.2, -0.15) is 0 Å². The third-order valence-corrected chi connectivity index (χ3v) is 2.33. The van der Waals surface area contributed by atoms with Crippen molar-refractivity contribution in [1.29, 1.82) is 0 Å². The van der Waals surface area contributed by atoms with Crippen LogP contribution in [0.25, 0.3) is 0 Å². The van der Waals surface area contributed by atoms with Gasteiger partial charge in [0.05, 0.1) is 0 Å². The van der Waals surface area contributed by atoms with E-state index in [4.69, 9.17) is 0 Å². The predicted molar refractivity (Wildman–Crippen MR) is 69.0 cm³/mol. The van der Waals surface area contributed by atoms with Gasteiger partial charge in [0.25, 0.3) is 5.91 Å². The van der Waals surface area contributed by atoms with E-state index in [0.29, 0.717) is 5.69 Å². The van der Waals surface area contributed by atoms with E-state index in [0.717, 1.165) is 17.3 Å². The van der Waals surface area contributed by atoms with E-state index in [1.807, 2.05) is 32.9 Å². The summed E-state index contributed by atoms with van der Waals surface area (Å²) < 4.78 is 0. The van der Waals surface area contributed by atoms with Crippen LogP contribution in [0.4, 0.5) is 0 Å². The molecule has 0 aliphatic carbocycles. The van der Waals surface area contributed by atoms with Crippen molar-refractivity contribution in [1.82, 2.24) is 10.3 Å². The maximum Gasteiger partial charge on any atom is 0.270 e. The van der Waals surface area contributed by atoms with E-state index >= 15 is 0 Å². The number of carbonyl (C=O) groups excluding carboxylic acids is 1. The summed E-state index contributed by atoms with van der Waals surface area (Å²) in [6.07, 6.45) is 2.58. The van der Waals surface area contributed by atoms with Crippen LogP contribution in [0, 0.1) is 0 Å². The van der Waals surface area contributed by atoms with Gasteiger partial charge in [-0.25, -0.2) is 0 Å². The molecule has 1 N–H and O–H groups in total. The van der Waals surface area contributed by atoms with E-state index in [-0.39, 0.29) is 11.4 Å². The molecule has 0 atom stereocenters. The van der Waals surface area contributed by atoms with Gasteiger partial charge >= 0.3 is 0 Å². The molecule has 88 valence electrons. The van der Waals surface area contributed by atoms with Crippen molar-refractivity contribution in [3.05, 3.63) is 29.6 Å². The van der Waals surface area contributed by atoms with Gasteiger partial charge in [0, 0.05) is 17.1 Å². The van der Waals surface area contributed by atoms with E-state index < -0.39 is 0 Å². The third kappa shape index (κ3) is 4.31. The second-order valence-corrected chi connectivity index (χ2v) is 5.49. The van der Waals surface area contributed by atoms with Gasteiger partial charge in [-0.15, -0.1) is 0 Å². The van der Waals surface area contributed by atoms with Gasteiger partial charge < -0.3 is 5.32 Å². The number of nitrogens with one attached hydrogen (secondary N) is 1. The number of pyridine rings is 1. The zero-order valence-electron chi connectivity index (χ0n) is 9.88. The zero-order chi connectivity index (χ0) is 12.2. The maximum absolute atomic E-state index is 11.8. The number of amides is 1. The van der Waals surface area contributed by atoms with Crippen LogP contribution in [0.15, 0.2) is 18.3 Å². The van der Waals surface area contributed by atoms with Crippen molar-refractivity contribution in [3.63, 3.8) is 0 Å². The largest absolute Gasteiger partial charge is 0.346 e. The fraction of sp³-hybridized carbons (Fsp3) is 0.500. The number of hydrogen-bond acceptors (Lipinski definition) is 2. The Kier molecular flexibility index (Phi) is 4.47. The lowest BCUT2D eigenvalue weighted by atomic mass is 10.1. The lowest BCUT2D eigenvalue weighted by Gasteiger charge is -2.20. The monoisotopic (exact) mass is 284 g/mol. The molecule has 1 amide bonds. The van der Waals surface area contributed by atoms with Crippen LogP contribution in [-0.2, 0) is 6.42 Å². The summed E-state index contributed by atoms with van der Waals surface area (Å²) in [7, 11) is 0. The SMILES string of the molecule is CC(C)(C)NC(=O)c1cc(CCBr)ccn1. The molecule has 0 radical (unpaired) electrons. The molecule has 0 unspecified atom stereocenters. The molecule has 0 fully saturated rings. The Labute approximate surface area is 105 Å². The van der Waals surface area contributed by atoms with Gasteiger partial charge in [-0.1, -0.05) is 15.9 Å². The number of hydrogen-bond donors (Lipinski definition) is 1. The van der Waals surface area contributed by atoms with Crippen LogP contribution in [0.5, 0.6) is 0 Å². The Balaban J connectivity index is 2.79. The molecule has 3 nitrogen and oxygen atoms in total. The molecule has 0 aliphatic rings. The van der Waals surface area contributed by atoms with Crippen LogP contribution in [0.1, 0.15) is 36.8 Å². The van der Waals surface area contributed by atoms with Crippen molar-refractivity contribution in [2.45, 2.75) is 32.7 Å². The van der Waals surface area contributed by atoms with E-state index in [1.165, 1.54) is 0 Å². The number of carbonyl (C=O) groups is 1. The first-order valence-electron chi connectivity index (χ1n) is 5.26. The van der Waals surface area contributed by atoms with Gasteiger partial charge in [-0.05, 0) is 44.9 Å². The standard InChI is InChI=1S/C12H17BrN2O/c1-12(2,3)15-11(16)10-8-9(4-6-13)5-7-14-10/h5,7-8H,4,6H2,1-3H3,(H,15,16). The van der Waals surface area contributed by atoms with E-state index in [1.54, 1.807) is 6.20 Å². The molecule has 1 aromatic heterocycles. The lowest BCUT2D eigenvalue weighted by Crippen LogP contribution is -2.40. The normalized spacial score (nSPS) is 11.2. The number of aryl methyl sites for hydroxylation is 1. The number of rotatable bonds is 3. The quantitative estimate of drug-likeness (QED) is 0.867. The smallest absolute Gasteiger partial charge is 0.270 e. The maximum atomic E-state index is 11.8. The third-order valence-electron chi connectivity index (χ3n) is 1.93. The molecule has 1 rings (SSSR count). The number of aromatic nitrogens is 1. The lowest BCUT2D eigenvalue weighted by molar-refractivity contribution is 0.0914. The minimum Gasteiger partial charge on any atom is -0.346 e. The van der Waals surface area contributed by atoms with E-state index in [2.05, 4.69) is 26.2 Å². The Hall–Kier alpha value is -0.900. The topological polar surface area (TPSA) is 42.0 Å². The Morgan fingerprint density at radius 2 is 2.19 bits per heavy atom. The first kappa shape index (κ1) is 13.2. The Bertz CT molecular complexity index is 372. The molecule has 0 bridgehead atoms. The minimum atomic E-state index is -0.232. The number of nitrogens with zero attached hydrogens (tertiary/aromatic N) is 1. The number of alkyl halides is 1. The summed E-state index contributed by atoms with van der Waals surface area (Å²) in [5, 5.41) is 3.78. The molecule has 0 aromatic carbocycles. The molecule has 0 spiro atoms. The van der Waals surface area contributed by atoms with Gasteiger partial charge in [0.2, 0.25) is 0 Å². The molecular weight excluding hydrogens is 268 g/mol. The van der Waals surface area contributed by atoms with E-state index in [9.17, 15) is 4.79 Å². The fourth-order valence-electron chi connectivity index (χ4n) is 1.27. The van der Waals surface area contributed by atoms with Crippen molar-refractivity contribution < 1.29 is 4.79 Å². The first-order chi connectivity index (χ1) is 7.42. The average molecular weight is 285 g/mol. The summed E-state index contributed by atoms with van der Waals surface area (Å²) >= 11 is 3.38. The summed E-state index contributed by atoms with van der Waals surface area (Å²) in [5.41, 5.74) is 1.36. The number of halogens is 1. The molecule has 0 aliphatic heterocycles. The van der Waals surface area contributed by atoms with Crippen LogP contribution in [0.2, 0.25) is 0 Å². The molecule has 1 heterocycles. The summed E-state index contributed by atoms with van der Waals surface area (Å²) in [4.78, 5) is 15.9. The molecule has 0 saturated carbocycles. The second kappa shape index (κ2) is 5.43. The highest BCUT2D eigenvalue weighted by molar-refractivity contribution is 9.09. The van der Waals surface area contributed by atoms with Crippen LogP contribution >= 0.6 is 15.9 Å². The minimum absolute atomic E-state index is 0.121. The highest BCUT2D eigenvalue weighted by atomic mass is 79.9. The zero-order valence-corrected chi connectivity index (χ0v) is 11.5. The van der Waals surface area contributed by atoms with Crippen molar-refractivity contribution >= 4 is 21.8 Å². The van der Waals surface area contributed by atoms with Crippen LogP contribution in [0.3, 0.4) is 0 Å². The van der Waals surface area contributed by atoms with Crippen molar-refractivity contribution in [2.24, 2.45) is 0 Å². The Morgan fingerprint density at radius 3 is 2.75 bits per heavy atom. The van der Waals surface area contributed by atoms with Crippen molar-refractivity contribution in [3.8, 4) is 0 Å². The summed E-state index contributed by atoms with van der Waals surface area (Å²) in [6.45, 7) is 5.85. The van der Waals surface area contributed by atoms with Gasteiger partial charge in [0.1, 0.15) is 5.69 Å². The summed E-state index contributed by atoms with van der Waals surface area (Å²) in [5.74, 6) is -0.121. The van der Waals surface area contributed by atoms with Crippen LogP contribution in [-0.4, -0.2) is 21.8 Å². The second-order valence-electron chi connectivity index (χ2n) is 4.69. The first-order valence-corrected chi connectivity index (χ1v) is 6.38. The molecule has 4 heteroatoms. The molecular formula is C12H17BrN2O. The van der Waals surface area contributed by atoms with Crippen LogP contribution < -0.4 is 5.32 Å². The van der Waals surface area contributed by atoms with Gasteiger partial charge in [-0.3, -0.25) is 9.78 Å². The van der Waals surface area contributed by atoms with Crippen molar-refractivity contribution in [2.75, 3.05) is 5.33 Å². The summed E-state index contributed by atoms with van der Waals surface area (Å²) in [6, 6.07) is 3.76. The molecule has 1 aromatic rings. The average Bonchev–Trinajstić information content (AvgIpc) is 2.16. The molecule has 16 heavy (non-hydrogen) atoms. The predicted octanol–water partition coefficient (Wildman–Crippen LogP) is 2.55.